The van der Waals surface area contributed by atoms with E-state index in [0.29, 0.717) is 29.3 Å². The highest BCUT2D eigenvalue weighted by Crippen LogP contribution is 2.37. The molecule has 0 spiro atoms. The summed E-state index contributed by atoms with van der Waals surface area (Å²) in [7, 11) is 0. The molecule has 0 N–H and O–H groups in total. The van der Waals surface area contributed by atoms with E-state index in [1.165, 1.54) is 0 Å². The van der Waals surface area contributed by atoms with Gasteiger partial charge in [-0.2, -0.15) is 0 Å². The maximum Gasteiger partial charge on any atom is 0.227 e. The number of benzene rings is 9. The van der Waals surface area contributed by atoms with Crippen LogP contribution in [0.1, 0.15) is 0 Å². The molecule has 314 valence electrons. The van der Waals surface area contributed by atoms with Crippen LogP contribution in [0.4, 0.5) is 0 Å². The highest BCUT2D eigenvalue weighted by atomic mass is 16.4. The maximum absolute atomic E-state index is 6.38. The Kier molecular flexibility index (Phi) is 8.99. The third-order valence-corrected chi connectivity index (χ3v) is 12.3. The topological polar surface area (TPSA) is 104 Å². The first-order chi connectivity index (χ1) is 33.1. The van der Waals surface area contributed by atoms with E-state index in [9.17, 15) is 0 Å². The average Bonchev–Trinajstić information content (AvgIpc) is 4.15. The number of furan rings is 1. The van der Waals surface area contributed by atoms with Gasteiger partial charge in [0.15, 0.2) is 28.6 Å². The number of para-hydroxylation sites is 6. The molecule has 8 nitrogen and oxygen atoms in total. The second-order valence-corrected chi connectivity index (χ2v) is 16.4. The van der Waals surface area contributed by atoms with Gasteiger partial charge >= 0.3 is 0 Å². The number of rotatable bonds is 8. The van der Waals surface area contributed by atoms with E-state index in [0.717, 1.165) is 105 Å². The Morgan fingerprint density at radius 3 is 1.04 bits per heavy atom. The molecule has 13 rings (SSSR count). The van der Waals surface area contributed by atoms with E-state index in [1.54, 1.807) is 0 Å². The van der Waals surface area contributed by atoms with Gasteiger partial charge in [-0.3, -0.25) is 0 Å². The van der Waals surface area contributed by atoms with Crippen molar-refractivity contribution >= 4 is 44.1 Å². The highest BCUT2D eigenvalue weighted by molar-refractivity contribution is 6.09. The predicted octanol–water partition coefficient (Wildman–Crippen LogP) is 15.4. The van der Waals surface area contributed by atoms with E-state index in [-0.39, 0.29) is 0 Å². The van der Waals surface area contributed by atoms with Gasteiger partial charge in [0.25, 0.3) is 0 Å². The van der Waals surface area contributed by atoms with Gasteiger partial charge in [0.1, 0.15) is 22.2 Å². The molecule has 0 fully saturated rings. The van der Waals surface area contributed by atoms with E-state index < -0.39 is 0 Å². The van der Waals surface area contributed by atoms with Crippen LogP contribution in [-0.4, -0.2) is 24.9 Å². The van der Waals surface area contributed by atoms with Crippen molar-refractivity contribution in [2.75, 3.05) is 0 Å². The summed E-state index contributed by atoms with van der Waals surface area (Å²) in [6, 6.07) is 71.6. The first-order valence-corrected chi connectivity index (χ1v) is 22.0. The van der Waals surface area contributed by atoms with Gasteiger partial charge in [-0.1, -0.05) is 158 Å². The molecule has 0 amide bonds. The third-order valence-electron chi connectivity index (χ3n) is 12.3. The van der Waals surface area contributed by atoms with E-state index in [1.807, 2.05) is 91.0 Å². The van der Waals surface area contributed by atoms with E-state index in [4.69, 9.17) is 28.2 Å². The van der Waals surface area contributed by atoms with Gasteiger partial charge < -0.3 is 13.3 Å². The monoisotopic (exact) mass is 861 g/mol. The Morgan fingerprint density at radius 1 is 0.239 bits per heavy atom. The van der Waals surface area contributed by atoms with Crippen molar-refractivity contribution in [2.24, 2.45) is 0 Å². The zero-order valence-electron chi connectivity index (χ0n) is 35.7. The Labute approximate surface area is 383 Å². The van der Waals surface area contributed by atoms with Crippen LogP contribution in [0.25, 0.3) is 135 Å². The Hall–Kier alpha value is -9.27. The Morgan fingerprint density at radius 2 is 0.597 bits per heavy atom. The third kappa shape index (κ3) is 7.01. The summed E-state index contributed by atoms with van der Waals surface area (Å²) in [5.41, 5.74) is 15.8. The number of fused-ring (bicyclic) bond motifs is 5. The molecule has 4 heterocycles. The van der Waals surface area contributed by atoms with E-state index >= 15 is 0 Å². The first kappa shape index (κ1) is 38.2. The molecule has 13 aromatic rings. The van der Waals surface area contributed by atoms with Gasteiger partial charge in [0, 0.05) is 44.2 Å². The lowest BCUT2D eigenvalue weighted by Gasteiger charge is -2.11. The van der Waals surface area contributed by atoms with Gasteiger partial charge in [-0.05, 0) is 82.4 Å². The summed E-state index contributed by atoms with van der Waals surface area (Å²) >= 11 is 0. The Bertz CT molecular complexity index is 3700. The zero-order valence-corrected chi connectivity index (χ0v) is 35.7. The summed E-state index contributed by atoms with van der Waals surface area (Å²) in [6.07, 6.45) is 0. The molecule has 0 aliphatic carbocycles. The highest BCUT2D eigenvalue weighted by Gasteiger charge is 2.17. The summed E-state index contributed by atoms with van der Waals surface area (Å²) in [4.78, 5) is 24.6. The van der Waals surface area contributed by atoms with Crippen molar-refractivity contribution in [1.82, 2.24) is 24.9 Å². The van der Waals surface area contributed by atoms with Crippen molar-refractivity contribution in [1.29, 1.82) is 0 Å². The lowest BCUT2D eigenvalue weighted by molar-refractivity contribution is 0.619. The molecule has 8 heteroatoms. The minimum absolute atomic E-state index is 0.575. The van der Waals surface area contributed by atoms with Crippen LogP contribution in [0, 0.1) is 0 Å². The second kappa shape index (κ2) is 15.8. The number of hydrogen-bond acceptors (Lipinski definition) is 8. The van der Waals surface area contributed by atoms with Crippen LogP contribution in [0.15, 0.2) is 226 Å². The molecular weight excluding hydrogens is 827 g/mol. The van der Waals surface area contributed by atoms with Crippen molar-refractivity contribution in [3.63, 3.8) is 0 Å². The van der Waals surface area contributed by atoms with Gasteiger partial charge in [-0.25, -0.2) is 24.9 Å². The van der Waals surface area contributed by atoms with Gasteiger partial charge in [0.2, 0.25) is 11.8 Å². The van der Waals surface area contributed by atoms with Crippen molar-refractivity contribution in [2.45, 2.75) is 0 Å². The van der Waals surface area contributed by atoms with Crippen LogP contribution in [0.5, 0.6) is 0 Å². The fourth-order valence-corrected chi connectivity index (χ4v) is 8.76. The van der Waals surface area contributed by atoms with Gasteiger partial charge in [0.05, 0.1) is 0 Å². The minimum atomic E-state index is 0.575. The van der Waals surface area contributed by atoms with E-state index in [2.05, 4.69) is 131 Å². The summed E-state index contributed by atoms with van der Waals surface area (Å²) < 4.78 is 18.4. The normalized spacial score (nSPS) is 11.6. The molecule has 0 radical (unpaired) electrons. The number of hydrogen-bond donors (Lipinski definition) is 0. The minimum Gasteiger partial charge on any atom is -0.455 e. The van der Waals surface area contributed by atoms with Crippen LogP contribution in [-0.2, 0) is 0 Å². The van der Waals surface area contributed by atoms with Crippen LogP contribution in [0.2, 0.25) is 0 Å². The zero-order chi connectivity index (χ0) is 44.3. The molecule has 0 saturated heterocycles. The molecule has 0 aliphatic heterocycles. The number of oxazole rings is 2. The molecule has 0 unspecified atom stereocenters. The molecule has 67 heavy (non-hydrogen) atoms. The predicted molar refractivity (Wildman–Crippen MR) is 266 cm³/mol. The molecule has 0 aliphatic rings. The summed E-state index contributed by atoms with van der Waals surface area (Å²) in [6.45, 7) is 0. The number of nitrogens with zero attached hydrogens (tertiary/aromatic N) is 5. The SMILES string of the molecule is c1ccc2oc(-c3ccc(-c4ccc(-c5nc(-c6ccc(-c7ccc(-c8nc9ccccc9o8)cc7)cc6)nc(-c6ccc(-c7cccc8c7oc7ccccc78)cc6)n5)cc4)cc3)nc2c1. The summed E-state index contributed by atoms with van der Waals surface area (Å²) in [5, 5.41) is 2.20. The van der Waals surface area contributed by atoms with Crippen molar-refractivity contribution < 1.29 is 13.3 Å². The Balaban J connectivity index is 0.829. The summed E-state index contributed by atoms with van der Waals surface area (Å²) in [5.74, 6) is 2.93. The fourth-order valence-electron chi connectivity index (χ4n) is 8.76. The molecular formula is C59H35N5O3. The molecule has 4 aromatic heterocycles. The first-order valence-electron chi connectivity index (χ1n) is 22.0. The smallest absolute Gasteiger partial charge is 0.227 e. The standard InChI is InChI=1S/C59H35N5O3/c1-4-13-51-47(8-1)48-10-7-9-46(54(48)65-51)40-24-30-43(31-25-40)57-63-55(41-26-16-36(17-27-41)38-20-32-44(33-21-38)58-60-49-11-2-5-14-52(49)66-58)62-56(64-57)42-28-18-37(19-29-42)39-22-34-45(35-23-39)59-61-50-12-3-6-15-53(50)67-59/h1-35H. The lowest BCUT2D eigenvalue weighted by Crippen LogP contribution is -2.00. The van der Waals surface area contributed by atoms with Crippen molar-refractivity contribution in [3.05, 3.63) is 212 Å². The maximum atomic E-state index is 6.38. The van der Waals surface area contributed by atoms with Crippen molar-refractivity contribution in [3.8, 4) is 90.5 Å². The van der Waals surface area contributed by atoms with Gasteiger partial charge in [-0.15, -0.1) is 0 Å². The fraction of sp³-hybridized carbons (Fsp3) is 0. The average molecular weight is 862 g/mol. The van der Waals surface area contributed by atoms with Crippen LogP contribution >= 0.6 is 0 Å². The molecule has 0 bridgehead atoms. The molecule has 0 saturated carbocycles. The lowest BCUT2D eigenvalue weighted by atomic mass is 10.0. The van der Waals surface area contributed by atoms with Crippen LogP contribution in [0.3, 0.4) is 0 Å². The number of aromatic nitrogens is 5. The largest absolute Gasteiger partial charge is 0.455 e. The molecule has 9 aromatic carbocycles. The quantitative estimate of drug-likeness (QED) is 0.149. The van der Waals surface area contributed by atoms with Crippen LogP contribution < -0.4 is 0 Å². The second-order valence-electron chi connectivity index (χ2n) is 16.4. The molecule has 0 atom stereocenters.